The molecule has 3 aromatic rings. The number of carbonyl (C=O) groups is 1. The van der Waals surface area contributed by atoms with Gasteiger partial charge in [0.25, 0.3) is 5.91 Å². The number of benzene rings is 1. The molecule has 0 saturated carbocycles. The Balaban J connectivity index is 1.34. The van der Waals surface area contributed by atoms with Crippen LogP contribution in [0.2, 0.25) is 0 Å². The van der Waals surface area contributed by atoms with E-state index in [2.05, 4.69) is 15.1 Å². The Bertz CT molecular complexity index is 1280. The van der Waals surface area contributed by atoms with Crippen molar-refractivity contribution in [2.45, 2.75) is 25.4 Å². The molecule has 10 heteroatoms. The molecule has 1 saturated heterocycles. The number of amides is 1. The molecular weight excluding hydrogens is 449 g/mol. The molecule has 0 radical (unpaired) electrons. The third kappa shape index (κ3) is 5.52. The second-order valence-electron chi connectivity index (χ2n) is 8.12. The SMILES string of the molecule is N#Cc1ccc(COc2cccc(C3CCN(C(=O)c4ccc(/C(N)=N/N)nc4)CC3)n2)c(F)c1. The first kappa shape index (κ1) is 23.6. The van der Waals surface area contributed by atoms with Gasteiger partial charge in [0.2, 0.25) is 5.88 Å². The highest BCUT2D eigenvalue weighted by atomic mass is 19.1. The lowest BCUT2D eigenvalue weighted by atomic mass is 9.92. The zero-order chi connectivity index (χ0) is 24.8. The predicted molar refractivity (Wildman–Crippen MR) is 127 cm³/mol. The molecular formula is C25H24FN7O2. The molecule has 4 rings (SSSR count). The van der Waals surface area contributed by atoms with E-state index in [1.54, 1.807) is 29.2 Å². The van der Waals surface area contributed by atoms with E-state index >= 15 is 0 Å². The molecule has 1 amide bonds. The summed E-state index contributed by atoms with van der Waals surface area (Å²) in [5.41, 5.74) is 8.01. The van der Waals surface area contributed by atoms with Crippen molar-refractivity contribution in [1.82, 2.24) is 14.9 Å². The van der Waals surface area contributed by atoms with E-state index < -0.39 is 5.82 Å². The van der Waals surface area contributed by atoms with Crippen molar-refractivity contribution in [3.63, 3.8) is 0 Å². The molecule has 1 aliphatic rings. The number of carbonyl (C=O) groups excluding carboxylic acids is 1. The number of nitrogens with zero attached hydrogens (tertiary/aromatic N) is 5. The van der Waals surface area contributed by atoms with Gasteiger partial charge in [0, 0.05) is 42.5 Å². The Kier molecular flexibility index (Phi) is 7.16. The number of likely N-dealkylation sites (tertiary alicyclic amines) is 1. The van der Waals surface area contributed by atoms with Gasteiger partial charge in [-0.2, -0.15) is 10.4 Å². The number of ether oxygens (including phenoxy) is 1. The molecule has 178 valence electrons. The number of amidine groups is 1. The highest BCUT2D eigenvalue weighted by Crippen LogP contribution is 2.28. The molecule has 1 fully saturated rings. The quantitative estimate of drug-likeness (QED) is 0.242. The van der Waals surface area contributed by atoms with E-state index in [1.165, 1.54) is 18.3 Å². The first-order valence-corrected chi connectivity index (χ1v) is 11.1. The highest BCUT2D eigenvalue weighted by Gasteiger charge is 2.26. The zero-order valence-electron chi connectivity index (χ0n) is 18.9. The average Bonchev–Trinajstić information content (AvgIpc) is 2.91. The number of hydrogen-bond acceptors (Lipinski definition) is 7. The lowest BCUT2D eigenvalue weighted by molar-refractivity contribution is 0.0711. The molecule has 4 N–H and O–H groups in total. The Labute approximate surface area is 201 Å². The minimum atomic E-state index is -0.488. The van der Waals surface area contributed by atoms with Crippen molar-refractivity contribution in [2.24, 2.45) is 16.7 Å². The molecule has 0 bridgehead atoms. The van der Waals surface area contributed by atoms with Crippen LogP contribution < -0.4 is 16.3 Å². The third-order valence-electron chi connectivity index (χ3n) is 5.92. The summed E-state index contributed by atoms with van der Waals surface area (Å²) in [6.07, 6.45) is 2.98. The largest absolute Gasteiger partial charge is 0.473 e. The van der Waals surface area contributed by atoms with Gasteiger partial charge in [0.1, 0.15) is 18.1 Å². The van der Waals surface area contributed by atoms with Crippen molar-refractivity contribution >= 4 is 11.7 Å². The van der Waals surface area contributed by atoms with Gasteiger partial charge >= 0.3 is 0 Å². The topological polar surface area (TPSA) is 144 Å². The fourth-order valence-corrected chi connectivity index (χ4v) is 3.92. The van der Waals surface area contributed by atoms with Gasteiger partial charge in [-0.15, -0.1) is 0 Å². The Morgan fingerprint density at radius 2 is 2.03 bits per heavy atom. The molecule has 35 heavy (non-hydrogen) atoms. The van der Waals surface area contributed by atoms with E-state index in [4.69, 9.17) is 21.6 Å². The van der Waals surface area contributed by atoms with Crippen LogP contribution in [0.5, 0.6) is 5.88 Å². The minimum absolute atomic E-state index is 0.0105. The maximum atomic E-state index is 14.1. The van der Waals surface area contributed by atoms with E-state index in [0.29, 0.717) is 35.8 Å². The number of nitriles is 1. The van der Waals surface area contributed by atoms with Gasteiger partial charge in [-0.25, -0.2) is 9.37 Å². The van der Waals surface area contributed by atoms with Crippen LogP contribution in [-0.4, -0.2) is 39.7 Å². The summed E-state index contributed by atoms with van der Waals surface area (Å²) < 4.78 is 19.8. The number of halogens is 1. The van der Waals surface area contributed by atoms with Crippen LogP contribution in [0.25, 0.3) is 0 Å². The molecule has 0 unspecified atom stereocenters. The first-order chi connectivity index (χ1) is 17.0. The maximum absolute atomic E-state index is 14.1. The van der Waals surface area contributed by atoms with Crippen LogP contribution in [0.3, 0.4) is 0 Å². The van der Waals surface area contributed by atoms with Gasteiger partial charge in [-0.05, 0) is 43.2 Å². The van der Waals surface area contributed by atoms with Crippen LogP contribution in [-0.2, 0) is 6.61 Å². The number of rotatable bonds is 6. The third-order valence-corrected chi connectivity index (χ3v) is 5.92. The van der Waals surface area contributed by atoms with Crippen LogP contribution >= 0.6 is 0 Å². The Morgan fingerprint density at radius 3 is 2.69 bits per heavy atom. The minimum Gasteiger partial charge on any atom is -0.473 e. The van der Waals surface area contributed by atoms with Crippen molar-refractivity contribution < 1.29 is 13.9 Å². The summed E-state index contributed by atoms with van der Waals surface area (Å²) >= 11 is 0. The summed E-state index contributed by atoms with van der Waals surface area (Å²) in [6, 6.07) is 15.0. The molecule has 0 atom stereocenters. The summed E-state index contributed by atoms with van der Waals surface area (Å²) in [6.45, 7) is 1.18. The van der Waals surface area contributed by atoms with Crippen LogP contribution in [0.4, 0.5) is 4.39 Å². The fraction of sp³-hybridized carbons (Fsp3) is 0.240. The van der Waals surface area contributed by atoms with Crippen molar-refractivity contribution in [3.05, 3.63) is 88.6 Å². The van der Waals surface area contributed by atoms with Crippen molar-refractivity contribution in [3.8, 4) is 11.9 Å². The normalized spacial score (nSPS) is 14.4. The fourth-order valence-electron chi connectivity index (χ4n) is 3.92. The second kappa shape index (κ2) is 10.6. The molecule has 0 spiro atoms. The number of piperidine rings is 1. The van der Waals surface area contributed by atoms with E-state index in [-0.39, 0.29) is 29.8 Å². The monoisotopic (exact) mass is 473 g/mol. The first-order valence-electron chi connectivity index (χ1n) is 11.1. The summed E-state index contributed by atoms with van der Waals surface area (Å²) in [4.78, 5) is 23.4. The predicted octanol–water partition coefficient (Wildman–Crippen LogP) is 2.67. The zero-order valence-corrected chi connectivity index (χ0v) is 18.9. The Morgan fingerprint density at radius 1 is 1.23 bits per heavy atom. The summed E-state index contributed by atoms with van der Waals surface area (Å²) in [7, 11) is 0. The van der Waals surface area contributed by atoms with Gasteiger partial charge in [0.15, 0.2) is 5.84 Å². The van der Waals surface area contributed by atoms with Crippen molar-refractivity contribution in [2.75, 3.05) is 13.1 Å². The van der Waals surface area contributed by atoms with E-state index in [1.807, 2.05) is 18.2 Å². The number of hydrazone groups is 1. The number of hydrogen-bond donors (Lipinski definition) is 2. The molecule has 3 heterocycles. The van der Waals surface area contributed by atoms with Gasteiger partial charge < -0.3 is 21.2 Å². The van der Waals surface area contributed by atoms with Gasteiger partial charge in [-0.3, -0.25) is 9.78 Å². The van der Waals surface area contributed by atoms with Crippen molar-refractivity contribution in [1.29, 1.82) is 5.26 Å². The lowest BCUT2D eigenvalue weighted by Crippen LogP contribution is -2.38. The molecule has 1 aliphatic heterocycles. The van der Waals surface area contributed by atoms with Crippen LogP contribution in [0, 0.1) is 17.1 Å². The Hall–Kier alpha value is -4.52. The molecule has 2 aromatic heterocycles. The number of pyridine rings is 2. The smallest absolute Gasteiger partial charge is 0.255 e. The second-order valence-corrected chi connectivity index (χ2v) is 8.12. The maximum Gasteiger partial charge on any atom is 0.255 e. The number of nitrogens with two attached hydrogens (primary N) is 2. The highest BCUT2D eigenvalue weighted by molar-refractivity contribution is 5.97. The van der Waals surface area contributed by atoms with Gasteiger partial charge in [0.05, 0.1) is 17.2 Å². The summed E-state index contributed by atoms with van der Waals surface area (Å²) in [5, 5.41) is 12.3. The standard InChI is InChI=1S/C25H24FN7O2/c26-20-12-16(13-27)4-5-19(20)15-35-23-3-1-2-21(31-23)17-8-10-33(11-9-17)25(34)18-6-7-22(30-14-18)24(28)32-29/h1-7,12,14,17H,8-11,15,29H2,(H2,28,32). The van der Waals surface area contributed by atoms with Crippen LogP contribution in [0.15, 0.2) is 59.8 Å². The summed E-state index contributed by atoms with van der Waals surface area (Å²) in [5.74, 6) is 5.25. The lowest BCUT2D eigenvalue weighted by Gasteiger charge is -2.31. The van der Waals surface area contributed by atoms with E-state index in [9.17, 15) is 9.18 Å². The number of aromatic nitrogens is 2. The molecule has 0 aliphatic carbocycles. The van der Waals surface area contributed by atoms with E-state index in [0.717, 1.165) is 18.5 Å². The molecule has 9 nitrogen and oxygen atoms in total. The van der Waals surface area contributed by atoms with Crippen LogP contribution in [0.1, 0.15) is 51.6 Å². The average molecular weight is 474 g/mol. The van der Waals surface area contributed by atoms with Gasteiger partial charge in [-0.1, -0.05) is 12.1 Å². The molecule has 1 aromatic carbocycles.